The summed E-state index contributed by atoms with van der Waals surface area (Å²) in [5.41, 5.74) is 3.30. The maximum atomic E-state index is 12.9. The van der Waals surface area contributed by atoms with Gasteiger partial charge in [-0.25, -0.2) is 4.79 Å². The number of H-pyrrole nitrogens is 1. The molecule has 1 amide bonds. The van der Waals surface area contributed by atoms with Crippen LogP contribution in [0, 0.1) is 5.82 Å². The van der Waals surface area contributed by atoms with Crippen LogP contribution in [0.3, 0.4) is 0 Å². The third-order valence-corrected chi connectivity index (χ3v) is 1.98. The van der Waals surface area contributed by atoms with Crippen LogP contribution < -0.4 is 22.3 Å². The number of halogens is 1. The van der Waals surface area contributed by atoms with Crippen molar-refractivity contribution in [3.63, 3.8) is 0 Å². The summed E-state index contributed by atoms with van der Waals surface area (Å²) in [4.78, 5) is 35.0. The lowest BCUT2D eigenvalue weighted by atomic mass is 10.4. The predicted molar refractivity (Wildman–Crippen MR) is 58.0 cm³/mol. The van der Waals surface area contributed by atoms with Crippen LogP contribution in [0.25, 0.3) is 0 Å². The summed E-state index contributed by atoms with van der Waals surface area (Å²) < 4.78 is 13.7. The Morgan fingerprint density at radius 2 is 2.24 bits per heavy atom. The molecule has 0 spiro atoms. The number of nitrogens with two attached hydrogens (primary N) is 1. The molecule has 7 nitrogen and oxygen atoms in total. The zero-order valence-corrected chi connectivity index (χ0v) is 9.03. The minimum Gasteiger partial charge on any atom is -0.355 e. The topological polar surface area (TPSA) is 110 Å². The standard InChI is InChI=1S/C9H13FN4O3/c10-6-4-14(9(17)13-8(6)16)5-7(15)12-3-1-2-11/h4H,1-3,5,11H2,(H,12,15)(H,13,16,17). The smallest absolute Gasteiger partial charge is 0.328 e. The summed E-state index contributed by atoms with van der Waals surface area (Å²) in [6.45, 7) is 0.473. The van der Waals surface area contributed by atoms with Crippen molar-refractivity contribution in [2.24, 2.45) is 5.73 Å². The Morgan fingerprint density at radius 1 is 1.53 bits per heavy atom. The monoisotopic (exact) mass is 244 g/mol. The van der Waals surface area contributed by atoms with Gasteiger partial charge >= 0.3 is 5.69 Å². The molecule has 0 saturated carbocycles. The molecule has 4 N–H and O–H groups in total. The van der Waals surface area contributed by atoms with Crippen molar-refractivity contribution in [1.29, 1.82) is 0 Å². The van der Waals surface area contributed by atoms with Gasteiger partial charge in [0.05, 0.1) is 6.20 Å². The highest BCUT2D eigenvalue weighted by Crippen LogP contribution is 1.84. The van der Waals surface area contributed by atoms with Crippen LogP contribution in [0.1, 0.15) is 6.42 Å². The Bertz CT molecular complexity index is 508. The predicted octanol–water partition coefficient (Wildman–Crippen LogP) is -1.86. The molecule has 0 aliphatic heterocycles. The maximum Gasteiger partial charge on any atom is 0.328 e. The highest BCUT2D eigenvalue weighted by molar-refractivity contribution is 5.75. The number of nitrogens with one attached hydrogen (secondary N) is 2. The highest BCUT2D eigenvalue weighted by atomic mass is 19.1. The summed E-state index contributed by atoms with van der Waals surface area (Å²) in [5, 5.41) is 2.50. The lowest BCUT2D eigenvalue weighted by molar-refractivity contribution is -0.121. The van der Waals surface area contributed by atoms with Crippen molar-refractivity contribution >= 4 is 5.91 Å². The normalized spacial score (nSPS) is 10.2. The van der Waals surface area contributed by atoms with Crippen LogP contribution in [0.15, 0.2) is 15.8 Å². The van der Waals surface area contributed by atoms with Crippen molar-refractivity contribution < 1.29 is 9.18 Å². The molecular weight excluding hydrogens is 231 g/mol. The van der Waals surface area contributed by atoms with Gasteiger partial charge in [-0.15, -0.1) is 0 Å². The summed E-state index contributed by atoms with van der Waals surface area (Å²) in [7, 11) is 0. The van der Waals surface area contributed by atoms with Gasteiger partial charge < -0.3 is 11.1 Å². The fourth-order valence-corrected chi connectivity index (χ4v) is 1.14. The number of aromatic amines is 1. The maximum absolute atomic E-state index is 12.9. The average molecular weight is 244 g/mol. The van der Waals surface area contributed by atoms with E-state index in [1.807, 2.05) is 0 Å². The summed E-state index contributed by atoms with van der Waals surface area (Å²) >= 11 is 0. The second-order valence-corrected chi connectivity index (χ2v) is 3.36. The Balaban J connectivity index is 2.69. The molecule has 0 aromatic carbocycles. The van der Waals surface area contributed by atoms with E-state index in [-0.39, 0.29) is 6.54 Å². The summed E-state index contributed by atoms with van der Waals surface area (Å²) in [5.74, 6) is -1.56. The van der Waals surface area contributed by atoms with Gasteiger partial charge in [-0.2, -0.15) is 4.39 Å². The Labute approximate surface area is 95.4 Å². The van der Waals surface area contributed by atoms with E-state index in [0.29, 0.717) is 25.7 Å². The van der Waals surface area contributed by atoms with E-state index in [1.165, 1.54) is 0 Å². The van der Waals surface area contributed by atoms with Crippen molar-refractivity contribution in [2.45, 2.75) is 13.0 Å². The zero-order valence-electron chi connectivity index (χ0n) is 9.03. The van der Waals surface area contributed by atoms with Gasteiger partial charge in [0.25, 0.3) is 5.56 Å². The van der Waals surface area contributed by atoms with E-state index >= 15 is 0 Å². The number of amides is 1. The number of carbonyl (C=O) groups excluding carboxylic acids is 1. The molecule has 0 aliphatic rings. The number of hydrogen-bond donors (Lipinski definition) is 3. The molecule has 0 aliphatic carbocycles. The van der Waals surface area contributed by atoms with Gasteiger partial charge in [0.2, 0.25) is 11.7 Å². The summed E-state index contributed by atoms with van der Waals surface area (Å²) in [6, 6.07) is 0. The van der Waals surface area contributed by atoms with E-state index in [4.69, 9.17) is 5.73 Å². The van der Waals surface area contributed by atoms with Crippen LogP contribution in [-0.4, -0.2) is 28.5 Å². The Hall–Kier alpha value is -1.96. The fraction of sp³-hybridized carbons (Fsp3) is 0.444. The minimum atomic E-state index is -1.11. The van der Waals surface area contributed by atoms with Gasteiger partial charge in [0.15, 0.2) is 0 Å². The third kappa shape index (κ3) is 3.83. The van der Waals surface area contributed by atoms with Gasteiger partial charge in [-0.3, -0.25) is 19.1 Å². The number of carbonyl (C=O) groups is 1. The van der Waals surface area contributed by atoms with E-state index in [9.17, 15) is 18.8 Å². The van der Waals surface area contributed by atoms with Gasteiger partial charge in [-0.05, 0) is 13.0 Å². The first-order valence-corrected chi connectivity index (χ1v) is 5.00. The average Bonchev–Trinajstić information content (AvgIpc) is 2.26. The largest absolute Gasteiger partial charge is 0.355 e. The van der Waals surface area contributed by atoms with Crippen LogP contribution in [0.2, 0.25) is 0 Å². The second kappa shape index (κ2) is 5.94. The van der Waals surface area contributed by atoms with E-state index in [2.05, 4.69) is 5.32 Å². The quantitative estimate of drug-likeness (QED) is 0.527. The van der Waals surface area contributed by atoms with Crippen LogP contribution in [0.5, 0.6) is 0 Å². The number of aromatic nitrogens is 2. The first kappa shape index (κ1) is 13.1. The first-order valence-electron chi connectivity index (χ1n) is 5.00. The molecule has 1 aromatic rings. The SMILES string of the molecule is NCCCNC(=O)Cn1cc(F)c(=O)[nH]c1=O. The lowest BCUT2D eigenvalue weighted by Crippen LogP contribution is -2.37. The molecule has 1 rings (SSSR count). The number of rotatable bonds is 5. The molecule has 17 heavy (non-hydrogen) atoms. The number of hydrogen-bond acceptors (Lipinski definition) is 4. The molecule has 0 atom stereocenters. The molecule has 0 radical (unpaired) electrons. The van der Waals surface area contributed by atoms with Crippen molar-refractivity contribution in [3.8, 4) is 0 Å². The van der Waals surface area contributed by atoms with Gasteiger partial charge in [-0.1, -0.05) is 0 Å². The highest BCUT2D eigenvalue weighted by Gasteiger charge is 2.07. The number of nitrogens with zero attached hydrogens (tertiary/aromatic N) is 1. The fourth-order valence-electron chi connectivity index (χ4n) is 1.14. The molecule has 0 unspecified atom stereocenters. The summed E-state index contributed by atoms with van der Waals surface area (Å²) in [6.07, 6.45) is 1.31. The minimum absolute atomic E-state index is 0.350. The van der Waals surface area contributed by atoms with Gasteiger partial charge in [0, 0.05) is 6.54 Å². The molecule has 0 bridgehead atoms. The van der Waals surface area contributed by atoms with Crippen LogP contribution in [-0.2, 0) is 11.3 Å². The molecule has 8 heteroatoms. The third-order valence-electron chi connectivity index (χ3n) is 1.98. The van der Waals surface area contributed by atoms with E-state index < -0.39 is 23.0 Å². The van der Waals surface area contributed by atoms with Crippen molar-refractivity contribution in [1.82, 2.24) is 14.9 Å². The van der Waals surface area contributed by atoms with Crippen molar-refractivity contribution in [2.75, 3.05) is 13.1 Å². The van der Waals surface area contributed by atoms with Crippen LogP contribution in [0.4, 0.5) is 4.39 Å². The Kier molecular flexibility index (Phi) is 4.58. The van der Waals surface area contributed by atoms with E-state index in [0.717, 1.165) is 4.57 Å². The second-order valence-electron chi connectivity index (χ2n) is 3.36. The van der Waals surface area contributed by atoms with Gasteiger partial charge in [0.1, 0.15) is 6.54 Å². The van der Waals surface area contributed by atoms with Crippen LogP contribution >= 0.6 is 0 Å². The van der Waals surface area contributed by atoms with Crippen molar-refractivity contribution in [3.05, 3.63) is 32.9 Å². The molecule has 94 valence electrons. The van der Waals surface area contributed by atoms with E-state index in [1.54, 1.807) is 4.98 Å². The first-order chi connectivity index (χ1) is 8.04. The zero-order chi connectivity index (χ0) is 12.8. The molecular formula is C9H13FN4O3. The molecule has 0 fully saturated rings. The molecule has 1 aromatic heterocycles. The molecule has 0 saturated heterocycles. The molecule has 1 heterocycles. The lowest BCUT2D eigenvalue weighted by Gasteiger charge is -2.06. The Morgan fingerprint density at radius 3 is 2.88 bits per heavy atom.